The van der Waals surface area contributed by atoms with Crippen LogP contribution in [0.25, 0.3) is 0 Å². The minimum Gasteiger partial charge on any atom is -0.335 e. The van der Waals surface area contributed by atoms with Gasteiger partial charge in [-0.1, -0.05) is 0 Å². The van der Waals surface area contributed by atoms with Crippen LogP contribution in [0.15, 0.2) is 10.6 Å². The zero-order valence-corrected chi connectivity index (χ0v) is 8.84. The summed E-state index contributed by atoms with van der Waals surface area (Å²) in [7, 11) is 2.37. The number of carbonyl (C=O) groups is 2. The molecule has 0 saturated heterocycles. The van der Waals surface area contributed by atoms with E-state index in [2.05, 4.69) is 21.2 Å². The molecule has 0 aliphatic rings. The predicted molar refractivity (Wildman–Crippen MR) is 53.9 cm³/mol. The molecule has 0 unspecified atom stereocenters. The van der Waals surface area contributed by atoms with E-state index in [1.807, 2.05) is 0 Å². The third-order valence-corrected chi connectivity index (χ3v) is 1.51. The Morgan fingerprint density at radius 3 is 1.50 bits per heavy atom. The van der Waals surface area contributed by atoms with Gasteiger partial charge in [-0.15, -0.1) is 9.81 Å². The predicted octanol–water partition coefficient (Wildman–Crippen LogP) is -0.368. The van der Waals surface area contributed by atoms with Crippen LogP contribution in [-0.2, 0) is 0 Å². The lowest BCUT2D eigenvalue weighted by Crippen LogP contribution is -2.41. The standard InChI is InChI=1S/C6H12N6O4/c1-11(9-15)5(13)7-3-4-8-6(14)12(2)10-16/h3-4H2,1-2H3,(H,7,13)(H,8,14). The van der Waals surface area contributed by atoms with Crippen molar-refractivity contribution in [1.29, 1.82) is 0 Å². The molecule has 0 bridgehead atoms. The first kappa shape index (κ1) is 13.7. The summed E-state index contributed by atoms with van der Waals surface area (Å²) in [4.78, 5) is 41.7. The van der Waals surface area contributed by atoms with E-state index in [9.17, 15) is 19.4 Å². The fourth-order valence-electron chi connectivity index (χ4n) is 0.642. The van der Waals surface area contributed by atoms with Gasteiger partial charge in [-0.05, 0) is 0 Å². The van der Waals surface area contributed by atoms with Crippen LogP contribution in [0.4, 0.5) is 9.59 Å². The quantitative estimate of drug-likeness (QED) is 0.381. The summed E-state index contributed by atoms with van der Waals surface area (Å²) in [6, 6.07) is -1.38. The lowest BCUT2D eigenvalue weighted by Gasteiger charge is -2.11. The highest BCUT2D eigenvalue weighted by atomic mass is 16.3. The first-order valence-electron chi connectivity index (χ1n) is 4.22. The number of urea groups is 2. The number of carbonyl (C=O) groups excluding carboxylic acids is 2. The van der Waals surface area contributed by atoms with Crippen molar-refractivity contribution >= 4 is 12.1 Å². The van der Waals surface area contributed by atoms with Crippen molar-refractivity contribution in [1.82, 2.24) is 20.7 Å². The fraction of sp³-hybridized carbons (Fsp3) is 0.667. The number of nitrogens with zero attached hydrogens (tertiary/aromatic N) is 4. The summed E-state index contributed by atoms with van der Waals surface area (Å²) < 4.78 is 0. The molecule has 0 aliphatic heterocycles. The van der Waals surface area contributed by atoms with Crippen LogP contribution in [0, 0.1) is 9.81 Å². The maximum absolute atomic E-state index is 10.9. The zero-order valence-electron chi connectivity index (χ0n) is 8.84. The van der Waals surface area contributed by atoms with Crippen LogP contribution < -0.4 is 10.6 Å². The molecule has 10 nitrogen and oxygen atoms in total. The highest BCUT2D eigenvalue weighted by molar-refractivity contribution is 5.74. The van der Waals surface area contributed by atoms with E-state index in [-0.39, 0.29) is 13.1 Å². The van der Waals surface area contributed by atoms with Crippen LogP contribution in [0.5, 0.6) is 0 Å². The first-order valence-corrected chi connectivity index (χ1v) is 4.22. The average molecular weight is 232 g/mol. The molecular weight excluding hydrogens is 220 g/mol. The van der Waals surface area contributed by atoms with Crippen LogP contribution >= 0.6 is 0 Å². The molecule has 16 heavy (non-hydrogen) atoms. The van der Waals surface area contributed by atoms with Crippen molar-refractivity contribution < 1.29 is 9.59 Å². The van der Waals surface area contributed by atoms with Gasteiger partial charge in [0.1, 0.15) is 0 Å². The van der Waals surface area contributed by atoms with Gasteiger partial charge in [-0.2, -0.15) is 10.0 Å². The Balaban J connectivity index is 3.68. The number of hydrogen-bond acceptors (Lipinski definition) is 6. The highest BCUT2D eigenvalue weighted by Crippen LogP contribution is 1.84. The minimum absolute atomic E-state index is 0.0944. The van der Waals surface area contributed by atoms with Crippen molar-refractivity contribution in [3.8, 4) is 0 Å². The van der Waals surface area contributed by atoms with E-state index >= 15 is 0 Å². The van der Waals surface area contributed by atoms with Gasteiger partial charge < -0.3 is 10.6 Å². The summed E-state index contributed by atoms with van der Waals surface area (Å²) in [6.45, 7) is 0.189. The average Bonchev–Trinajstić information content (AvgIpc) is 2.31. The number of amides is 4. The lowest BCUT2D eigenvalue weighted by molar-refractivity contribution is 0.205. The van der Waals surface area contributed by atoms with Crippen LogP contribution in [0.2, 0.25) is 0 Å². The Morgan fingerprint density at radius 1 is 0.938 bits per heavy atom. The molecule has 90 valence electrons. The molecule has 2 N–H and O–H groups in total. The van der Waals surface area contributed by atoms with Crippen LogP contribution in [0.1, 0.15) is 0 Å². The van der Waals surface area contributed by atoms with Gasteiger partial charge in [0.25, 0.3) is 0 Å². The molecule has 0 fully saturated rings. The molecular formula is C6H12N6O4. The third-order valence-electron chi connectivity index (χ3n) is 1.51. The van der Waals surface area contributed by atoms with Crippen molar-refractivity contribution in [2.75, 3.05) is 27.2 Å². The number of nitroso groups, excluding NO2 is 2. The van der Waals surface area contributed by atoms with Crippen LogP contribution in [-0.4, -0.2) is 49.3 Å². The van der Waals surface area contributed by atoms with E-state index in [4.69, 9.17) is 0 Å². The molecule has 4 amide bonds. The summed E-state index contributed by atoms with van der Waals surface area (Å²) in [5, 5.41) is 10.5. The fourth-order valence-corrected chi connectivity index (χ4v) is 0.642. The van der Waals surface area contributed by atoms with Gasteiger partial charge in [0.15, 0.2) is 0 Å². The summed E-state index contributed by atoms with van der Waals surface area (Å²) in [6.07, 6.45) is 0. The van der Waals surface area contributed by atoms with Crippen molar-refractivity contribution in [2.45, 2.75) is 0 Å². The second-order valence-corrected chi connectivity index (χ2v) is 2.67. The summed E-state index contributed by atoms with van der Waals surface area (Å²) >= 11 is 0. The van der Waals surface area contributed by atoms with E-state index in [0.29, 0.717) is 10.0 Å². The van der Waals surface area contributed by atoms with Crippen molar-refractivity contribution in [3.05, 3.63) is 9.81 Å². The van der Waals surface area contributed by atoms with Gasteiger partial charge >= 0.3 is 12.1 Å². The normalized spacial score (nSPS) is 8.88. The van der Waals surface area contributed by atoms with E-state index in [1.54, 1.807) is 0 Å². The molecule has 0 spiro atoms. The Hall–Kier alpha value is -2.26. The second-order valence-electron chi connectivity index (χ2n) is 2.67. The molecule has 0 heterocycles. The molecule has 0 atom stereocenters. The SMILES string of the molecule is CN(N=O)C(=O)NCCNC(=O)N(C)N=O. The van der Waals surface area contributed by atoms with Gasteiger partial charge in [-0.3, -0.25) is 0 Å². The third kappa shape index (κ3) is 4.83. The van der Waals surface area contributed by atoms with E-state index in [0.717, 1.165) is 0 Å². The number of nitrogens with one attached hydrogen (secondary N) is 2. The largest absolute Gasteiger partial charge is 0.340 e. The summed E-state index contributed by atoms with van der Waals surface area (Å²) in [5.41, 5.74) is 0. The molecule has 0 aliphatic carbocycles. The Bertz CT molecular complexity index is 254. The molecule has 0 saturated carbocycles. The molecule has 10 heteroatoms. The van der Waals surface area contributed by atoms with Gasteiger partial charge in [0.2, 0.25) is 0 Å². The Kier molecular flexibility index (Phi) is 6.09. The van der Waals surface area contributed by atoms with Crippen LogP contribution in [0.3, 0.4) is 0 Å². The smallest absolute Gasteiger partial charge is 0.335 e. The first-order chi connectivity index (χ1) is 7.52. The highest BCUT2D eigenvalue weighted by Gasteiger charge is 2.09. The maximum atomic E-state index is 10.9. The van der Waals surface area contributed by atoms with Crippen molar-refractivity contribution in [2.24, 2.45) is 10.6 Å². The lowest BCUT2D eigenvalue weighted by atomic mass is 10.6. The van der Waals surface area contributed by atoms with Gasteiger partial charge in [0.05, 0.1) is 10.6 Å². The minimum atomic E-state index is -0.689. The van der Waals surface area contributed by atoms with E-state index < -0.39 is 12.1 Å². The molecule has 0 aromatic carbocycles. The monoisotopic (exact) mass is 232 g/mol. The second kappa shape index (κ2) is 7.09. The molecule has 0 aromatic rings. The number of rotatable bonds is 5. The summed E-state index contributed by atoms with van der Waals surface area (Å²) in [5.74, 6) is 0. The Labute approximate surface area is 90.8 Å². The maximum Gasteiger partial charge on any atom is 0.340 e. The van der Waals surface area contributed by atoms with Gasteiger partial charge in [-0.25, -0.2) is 9.59 Å². The molecule has 0 aromatic heterocycles. The molecule has 0 rings (SSSR count). The molecule has 0 radical (unpaired) electrons. The Morgan fingerprint density at radius 2 is 1.25 bits per heavy atom. The number of hydrogen-bond donors (Lipinski definition) is 2. The van der Waals surface area contributed by atoms with Crippen molar-refractivity contribution in [3.63, 3.8) is 0 Å². The zero-order chi connectivity index (χ0) is 12.6. The van der Waals surface area contributed by atoms with E-state index in [1.165, 1.54) is 14.1 Å². The van der Waals surface area contributed by atoms with Gasteiger partial charge in [0, 0.05) is 27.2 Å². The topological polar surface area (TPSA) is 124 Å².